The maximum Gasteiger partial charge on any atom is 0.144 e. The molecule has 154 valence electrons. The molecule has 0 aliphatic heterocycles. The summed E-state index contributed by atoms with van der Waals surface area (Å²) in [6.45, 7) is 0. The minimum Gasteiger partial charge on any atom is -0.496 e. The molecule has 0 spiro atoms. The Morgan fingerprint density at radius 1 is 1.03 bits per heavy atom. The Morgan fingerprint density at radius 2 is 1.84 bits per heavy atom. The molecule has 7 heteroatoms. The smallest absolute Gasteiger partial charge is 0.144 e. The van der Waals surface area contributed by atoms with E-state index in [-0.39, 0.29) is 5.82 Å². The SMILES string of the molecule is COc1ccc(F)cc1Cc1nc(-c2nc3ccccc3s2)cn1-c1ccc(Cl)cc1. The number of aromatic nitrogens is 3. The van der Waals surface area contributed by atoms with Crippen LogP contribution in [-0.4, -0.2) is 21.6 Å². The highest BCUT2D eigenvalue weighted by molar-refractivity contribution is 7.21. The average molecular weight is 450 g/mol. The summed E-state index contributed by atoms with van der Waals surface area (Å²) in [4.78, 5) is 9.61. The molecule has 0 bridgehead atoms. The molecule has 0 amide bonds. The molecule has 0 radical (unpaired) electrons. The van der Waals surface area contributed by atoms with E-state index in [1.165, 1.54) is 12.1 Å². The van der Waals surface area contributed by atoms with E-state index in [2.05, 4.69) is 0 Å². The van der Waals surface area contributed by atoms with Crippen LogP contribution < -0.4 is 4.74 Å². The van der Waals surface area contributed by atoms with Gasteiger partial charge in [0.25, 0.3) is 0 Å². The number of ether oxygens (including phenoxy) is 1. The molecule has 2 aromatic heterocycles. The lowest BCUT2D eigenvalue weighted by molar-refractivity contribution is 0.409. The first-order chi connectivity index (χ1) is 15.1. The van der Waals surface area contributed by atoms with Crippen LogP contribution in [0.1, 0.15) is 11.4 Å². The number of thiazole rings is 1. The molecular weight excluding hydrogens is 433 g/mol. The minimum atomic E-state index is -0.313. The van der Waals surface area contributed by atoms with Crippen molar-refractivity contribution in [3.63, 3.8) is 0 Å². The Labute approximate surface area is 187 Å². The van der Waals surface area contributed by atoms with Crippen molar-refractivity contribution in [2.75, 3.05) is 7.11 Å². The van der Waals surface area contributed by atoms with E-state index < -0.39 is 0 Å². The molecule has 3 aromatic carbocycles. The number of methoxy groups -OCH3 is 1. The van der Waals surface area contributed by atoms with Gasteiger partial charge >= 0.3 is 0 Å². The third-order valence-corrected chi connectivity index (χ3v) is 6.30. The Hall–Kier alpha value is -3.22. The number of hydrogen-bond acceptors (Lipinski definition) is 4. The lowest BCUT2D eigenvalue weighted by atomic mass is 10.1. The highest BCUT2D eigenvalue weighted by Gasteiger charge is 2.17. The van der Waals surface area contributed by atoms with Gasteiger partial charge in [0.05, 0.1) is 17.3 Å². The molecule has 5 rings (SSSR count). The summed E-state index contributed by atoms with van der Waals surface area (Å²) in [7, 11) is 1.58. The Bertz CT molecular complexity index is 1340. The second kappa shape index (κ2) is 8.13. The molecule has 0 aliphatic rings. The van der Waals surface area contributed by atoms with Gasteiger partial charge in [-0.05, 0) is 54.6 Å². The van der Waals surface area contributed by atoms with Crippen LogP contribution in [0.4, 0.5) is 4.39 Å². The molecular formula is C24H17ClFN3OS. The molecule has 5 aromatic rings. The summed E-state index contributed by atoms with van der Waals surface area (Å²) in [5.74, 6) is 1.06. The van der Waals surface area contributed by atoms with Crippen molar-refractivity contribution < 1.29 is 9.13 Å². The Balaban J connectivity index is 1.63. The predicted molar refractivity (Wildman–Crippen MR) is 123 cm³/mol. The fourth-order valence-corrected chi connectivity index (χ4v) is 4.56. The van der Waals surface area contributed by atoms with Gasteiger partial charge in [0.2, 0.25) is 0 Å². The van der Waals surface area contributed by atoms with Crippen molar-refractivity contribution in [2.45, 2.75) is 6.42 Å². The second-order valence-corrected chi connectivity index (χ2v) is 8.48. The number of hydrogen-bond donors (Lipinski definition) is 0. The lowest BCUT2D eigenvalue weighted by Gasteiger charge is -2.11. The van der Waals surface area contributed by atoms with Crippen molar-refractivity contribution in [2.24, 2.45) is 0 Å². The van der Waals surface area contributed by atoms with Crippen LogP contribution in [0.2, 0.25) is 5.02 Å². The fourth-order valence-electron chi connectivity index (χ4n) is 3.51. The molecule has 4 nitrogen and oxygen atoms in total. The maximum absolute atomic E-state index is 13.9. The highest BCUT2D eigenvalue weighted by Crippen LogP contribution is 2.32. The monoisotopic (exact) mass is 449 g/mol. The van der Waals surface area contributed by atoms with Crippen molar-refractivity contribution in [3.05, 3.63) is 95.2 Å². The number of para-hydroxylation sites is 1. The van der Waals surface area contributed by atoms with Crippen LogP contribution in [-0.2, 0) is 6.42 Å². The zero-order valence-corrected chi connectivity index (χ0v) is 18.1. The van der Waals surface area contributed by atoms with Crippen LogP contribution in [0.15, 0.2) is 72.9 Å². The first-order valence-electron chi connectivity index (χ1n) is 9.63. The van der Waals surface area contributed by atoms with Gasteiger partial charge < -0.3 is 9.30 Å². The summed E-state index contributed by atoms with van der Waals surface area (Å²) >= 11 is 7.67. The normalized spacial score (nSPS) is 11.2. The average Bonchev–Trinajstić information content (AvgIpc) is 3.39. The van der Waals surface area contributed by atoms with Crippen LogP contribution >= 0.6 is 22.9 Å². The molecule has 0 unspecified atom stereocenters. The molecule has 0 fully saturated rings. The molecule has 0 atom stereocenters. The number of halogens is 2. The van der Waals surface area contributed by atoms with E-state index in [1.807, 2.05) is 59.3 Å². The third kappa shape index (κ3) is 3.92. The van der Waals surface area contributed by atoms with Crippen LogP contribution in [0.5, 0.6) is 5.75 Å². The first-order valence-corrected chi connectivity index (χ1v) is 10.8. The zero-order chi connectivity index (χ0) is 21.4. The highest BCUT2D eigenvalue weighted by atomic mass is 35.5. The predicted octanol–water partition coefficient (Wildman–Crippen LogP) is 6.54. The molecule has 2 heterocycles. The molecule has 31 heavy (non-hydrogen) atoms. The molecule has 0 N–H and O–H groups in total. The van der Waals surface area contributed by atoms with Crippen molar-refractivity contribution in [3.8, 4) is 22.1 Å². The molecule has 0 saturated carbocycles. The number of imidazole rings is 1. The van der Waals surface area contributed by atoms with Crippen molar-refractivity contribution in [1.29, 1.82) is 0 Å². The minimum absolute atomic E-state index is 0.313. The van der Waals surface area contributed by atoms with Gasteiger partial charge in [-0.15, -0.1) is 11.3 Å². The maximum atomic E-state index is 13.9. The fraction of sp³-hybridized carbons (Fsp3) is 0.0833. The standard InChI is InChI=1S/C24H17ClFN3OS/c1-30-21-11-8-17(26)12-15(21)13-23-27-20(14-29(23)18-9-6-16(25)7-10-18)24-28-19-4-2-3-5-22(19)31-24/h2-12,14H,13H2,1H3. The topological polar surface area (TPSA) is 39.9 Å². The van der Waals surface area contributed by atoms with Crippen molar-refractivity contribution in [1.82, 2.24) is 14.5 Å². The summed E-state index contributed by atoms with van der Waals surface area (Å²) in [6.07, 6.45) is 2.36. The van der Waals surface area contributed by atoms with Crippen molar-refractivity contribution >= 4 is 33.2 Å². The summed E-state index contributed by atoms with van der Waals surface area (Å²) < 4.78 is 22.5. The van der Waals surface area contributed by atoms with Gasteiger partial charge in [-0.1, -0.05) is 23.7 Å². The number of fused-ring (bicyclic) bond motifs is 1. The quantitative estimate of drug-likeness (QED) is 0.306. The summed E-state index contributed by atoms with van der Waals surface area (Å²) in [6, 6.07) is 20.0. The van der Waals surface area contributed by atoms with E-state index in [0.717, 1.165) is 38.0 Å². The van der Waals surface area contributed by atoms with E-state index in [1.54, 1.807) is 24.5 Å². The van der Waals surface area contributed by atoms with Gasteiger partial charge in [-0.25, -0.2) is 14.4 Å². The number of rotatable bonds is 5. The number of benzene rings is 3. The first kappa shape index (κ1) is 19.7. The zero-order valence-electron chi connectivity index (χ0n) is 16.5. The van der Waals surface area contributed by atoms with Gasteiger partial charge in [0.1, 0.15) is 28.1 Å². The van der Waals surface area contributed by atoms with E-state index in [9.17, 15) is 4.39 Å². The lowest BCUT2D eigenvalue weighted by Crippen LogP contribution is -2.03. The van der Waals surface area contributed by atoms with Gasteiger partial charge in [0, 0.05) is 28.9 Å². The van der Waals surface area contributed by atoms with Gasteiger partial charge in [-0.2, -0.15) is 0 Å². The Kier molecular flexibility index (Phi) is 5.18. The molecule has 0 saturated heterocycles. The van der Waals surface area contributed by atoms with Crippen LogP contribution in [0, 0.1) is 5.82 Å². The molecule has 0 aliphatic carbocycles. The van der Waals surface area contributed by atoms with E-state index in [0.29, 0.717) is 17.2 Å². The van der Waals surface area contributed by atoms with Gasteiger partial charge in [0.15, 0.2) is 0 Å². The number of nitrogens with zero attached hydrogens (tertiary/aromatic N) is 3. The van der Waals surface area contributed by atoms with E-state index >= 15 is 0 Å². The van der Waals surface area contributed by atoms with Crippen LogP contribution in [0.3, 0.4) is 0 Å². The summed E-state index contributed by atoms with van der Waals surface area (Å²) in [5, 5.41) is 1.49. The van der Waals surface area contributed by atoms with Crippen LogP contribution in [0.25, 0.3) is 26.6 Å². The third-order valence-electron chi connectivity index (χ3n) is 4.99. The largest absolute Gasteiger partial charge is 0.496 e. The summed E-state index contributed by atoms with van der Waals surface area (Å²) in [5.41, 5.74) is 3.34. The van der Waals surface area contributed by atoms with Gasteiger partial charge in [-0.3, -0.25) is 0 Å². The van der Waals surface area contributed by atoms with E-state index in [4.69, 9.17) is 26.3 Å². The Morgan fingerprint density at radius 3 is 2.61 bits per heavy atom. The second-order valence-electron chi connectivity index (χ2n) is 7.01.